The number of nitrogens with one attached hydrogen (secondary N) is 2. The molecule has 3 aromatic heterocycles. The molecule has 1 saturated heterocycles. The number of hydrogen-bond donors (Lipinski definition) is 2. The fourth-order valence-corrected chi connectivity index (χ4v) is 5.36. The molecule has 2 N–H and O–H groups in total. The average Bonchev–Trinajstić information content (AvgIpc) is 3.58. The second-order valence-electron chi connectivity index (χ2n) is 9.95. The lowest BCUT2D eigenvalue weighted by atomic mass is 9.85. The summed E-state index contributed by atoms with van der Waals surface area (Å²) in [7, 11) is 1.60. The lowest BCUT2D eigenvalue weighted by Crippen LogP contribution is -2.38. The molecule has 38 heavy (non-hydrogen) atoms. The number of hydrogen-bond acceptors (Lipinski definition) is 7. The number of carbonyl (C=O) groups is 3. The highest BCUT2D eigenvalue weighted by molar-refractivity contribution is 6.30. The summed E-state index contributed by atoms with van der Waals surface area (Å²) in [4.78, 5) is 51.2. The van der Waals surface area contributed by atoms with Crippen molar-refractivity contribution in [2.45, 2.75) is 51.5 Å². The minimum atomic E-state index is -0.590. The third-order valence-electron chi connectivity index (χ3n) is 7.48. The fourth-order valence-electron chi connectivity index (χ4n) is 5.25. The molecule has 200 valence electrons. The van der Waals surface area contributed by atoms with Gasteiger partial charge < -0.3 is 24.9 Å². The van der Waals surface area contributed by atoms with Gasteiger partial charge in [-0.05, 0) is 75.9 Å². The van der Waals surface area contributed by atoms with Crippen LogP contribution in [0.25, 0.3) is 11.1 Å². The Morgan fingerprint density at radius 2 is 1.79 bits per heavy atom. The van der Waals surface area contributed by atoms with E-state index in [-0.39, 0.29) is 35.0 Å². The van der Waals surface area contributed by atoms with Crippen LogP contribution in [0.4, 0.5) is 17.3 Å². The molecule has 0 bridgehead atoms. The van der Waals surface area contributed by atoms with Crippen molar-refractivity contribution in [2.24, 2.45) is 5.92 Å². The van der Waals surface area contributed by atoms with Gasteiger partial charge >= 0.3 is 0 Å². The third-order valence-corrected chi connectivity index (χ3v) is 7.71. The average molecular weight is 539 g/mol. The van der Waals surface area contributed by atoms with E-state index in [1.165, 1.54) is 30.9 Å². The molecular formula is C27H31ClN6O4. The molecule has 1 aliphatic carbocycles. The summed E-state index contributed by atoms with van der Waals surface area (Å²) >= 11 is 5.90. The summed E-state index contributed by atoms with van der Waals surface area (Å²) in [5, 5.41) is 6.06. The van der Waals surface area contributed by atoms with Crippen LogP contribution < -0.4 is 15.5 Å². The summed E-state index contributed by atoms with van der Waals surface area (Å²) < 4.78 is 5.87. The maximum Gasteiger partial charge on any atom is 0.294 e. The first kappa shape index (κ1) is 26.1. The first-order chi connectivity index (χ1) is 18.3. The molecule has 11 heteroatoms. The SMILES string of the molecule is CC(=O)N(C)c1ccc2oc(C(=O)Nc3ccc(Cl)cn3)c(NC(=O)[C@H]3CC[C@H](N4CCCC4)CC3)c2n1. The monoisotopic (exact) mass is 538 g/mol. The summed E-state index contributed by atoms with van der Waals surface area (Å²) in [5.74, 6) is -0.569. The topological polar surface area (TPSA) is 121 Å². The minimum absolute atomic E-state index is 0.0917. The van der Waals surface area contributed by atoms with E-state index in [9.17, 15) is 14.4 Å². The van der Waals surface area contributed by atoms with E-state index in [0.717, 1.165) is 38.8 Å². The summed E-state index contributed by atoms with van der Waals surface area (Å²) in [6.07, 6.45) is 7.44. The highest BCUT2D eigenvalue weighted by atomic mass is 35.5. The molecule has 3 aromatic rings. The molecule has 0 spiro atoms. The van der Waals surface area contributed by atoms with Gasteiger partial charge in [-0.2, -0.15) is 0 Å². The van der Waals surface area contributed by atoms with E-state index in [0.29, 0.717) is 28.0 Å². The third kappa shape index (κ3) is 5.51. The van der Waals surface area contributed by atoms with Crippen molar-refractivity contribution in [1.29, 1.82) is 0 Å². The Bertz CT molecular complexity index is 1340. The summed E-state index contributed by atoms with van der Waals surface area (Å²) in [6.45, 7) is 3.72. The largest absolute Gasteiger partial charge is 0.447 e. The van der Waals surface area contributed by atoms with Crippen LogP contribution in [0.1, 0.15) is 56.0 Å². The standard InChI is InChI=1S/C27H31ClN6O4/c1-16(35)33(2)22-12-10-20-23(31-22)24(25(38-20)27(37)30-21-11-7-18(28)15-29-21)32-26(36)17-5-8-19(9-6-17)34-13-3-4-14-34/h7,10-12,15,17,19H,3-6,8-9,13-14H2,1-2H3,(H,32,36)(H,29,30,37)/t17-,19-. The van der Waals surface area contributed by atoms with E-state index in [1.807, 2.05) is 0 Å². The molecule has 5 rings (SSSR count). The van der Waals surface area contributed by atoms with Crippen molar-refractivity contribution in [3.05, 3.63) is 41.2 Å². The Morgan fingerprint density at radius 3 is 2.45 bits per heavy atom. The Hall–Kier alpha value is -3.50. The number of likely N-dealkylation sites (tertiary alicyclic amines) is 1. The van der Waals surface area contributed by atoms with Crippen molar-refractivity contribution < 1.29 is 18.8 Å². The number of rotatable bonds is 6. The molecule has 10 nitrogen and oxygen atoms in total. The molecular weight excluding hydrogens is 508 g/mol. The van der Waals surface area contributed by atoms with Gasteiger partial charge in [0, 0.05) is 32.1 Å². The predicted octanol–water partition coefficient (Wildman–Crippen LogP) is 4.70. The molecule has 0 radical (unpaired) electrons. The molecule has 3 amide bonds. The van der Waals surface area contributed by atoms with Crippen molar-refractivity contribution in [3.63, 3.8) is 0 Å². The Balaban J connectivity index is 1.41. The van der Waals surface area contributed by atoms with Gasteiger partial charge in [-0.1, -0.05) is 11.6 Å². The lowest BCUT2D eigenvalue weighted by Gasteiger charge is -2.33. The van der Waals surface area contributed by atoms with Crippen LogP contribution in [-0.2, 0) is 9.59 Å². The lowest BCUT2D eigenvalue weighted by molar-refractivity contribution is -0.121. The van der Waals surface area contributed by atoms with Crippen LogP contribution in [-0.4, -0.2) is 58.8 Å². The molecule has 0 unspecified atom stereocenters. The number of fused-ring (bicyclic) bond motifs is 1. The molecule has 1 saturated carbocycles. The number of carbonyl (C=O) groups excluding carboxylic acids is 3. The van der Waals surface area contributed by atoms with Gasteiger partial charge in [0.15, 0.2) is 5.58 Å². The second-order valence-corrected chi connectivity index (χ2v) is 10.4. The maximum atomic E-state index is 13.4. The second kappa shape index (κ2) is 11.1. The minimum Gasteiger partial charge on any atom is -0.447 e. The number of amides is 3. The molecule has 1 aliphatic heterocycles. The van der Waals surface area contributed by atoms with Gasteiger partial charge in [0.05, 0.1) is 5.02 Å². The van der Waals surface area contributed by atoms with Crippen LogP contribution in [0.3, 0.4) is 0 Å². The zero-order valence-electron chi connectivity index (χ0n) is 21.5. The zero-order valence-corrected chi connectivity index (χ0v) is 22.3. The van der Waals surface area contributed by atoms with Gasteiger partial charge in [0.2, 0.25) is 17.6 Å². The Morgan fingerprint density at radius 1 is 1.05 bits per heavy atom. The zero-order chi connectivity index (χ0) is 26.8. The maximum absolute atomic E-state index is 13.4. The van der Waals surface area contributed by atoms with Crippen LogP contribution >= 0.6 is 11.6 Å². The number of nitrogens with zero attached hydrogens (tertiary/aromatic N) is 4. The van der Waals surface area contributed by atoms with Crippen LogP contribution in [0, 0.1) is 5.92 Å². The van der Waals surface area contributed by atoms with Crippen molar-refractivity contribution in [3.8, 4) is 0 Å². The highest BCUT2D eigenvalue weighted by Gasteiger charge is 2.32. The Labute approximate surface area is 225 Å². The van der Waals surface area contributed by atoms with Gasteiger partial charge in [-0.3, -0.25) is 14.4 Å². The Kier molecular flexibility index (Phi) is 7.62. The van der Waals surface area contributed by atoms with E-state index in [4.69, 9.17) is 16.0 Å². The number of halogens is 1. The van der Waals surface area contributed by atoms with Gasteiger partial charge in [0.1, 0.15) is 22.8 Å². The van der Waals surface area contributed by atoms with Crippen molar-refractivity contribution in [1.82, 2.24) is 14.9 Å². The molecule has 0 aromatic carbocycles. The molecule has 4 heterocycles. The van der Waals surface area contributed by atoms with Crippen LogP contribution in [0.5, 0.6) is 0 Å². The number of furan rings is 1. The van der Waals surface area contributed by atoms with Crippen LogP contribution in [0.15, 0.2) is 34.9 Å². The van der Waals surface area contributed by atoms with E-state index < -0.39 is 5.91 Å². The summed E-state index contributed by atoms with van der Waals surface area (Å²) in [6, 6.07) is 6.97. The van der Waals surface area contributed by atoms with Crippen molar-refractivity contribution in [2.75, 3.05) is 35.7 Å². The smallest absolute Gasteiger partial charge is 0.294 e. The number of pyridine rings is 2. The van der Waals surface area contributed by atoms with E-state index in [2.05, 4.69) is 25.5 Å². The summed E-state index contributed by atoms with van der Waals surface area (Å²) in [5.41, 5.74) is 0.786. The first-order valence-electron chi connectivity index (χ1n) is 13.0. The fraction of sp³-hybridized carbons (Fsp3) is 0.444. The quantitative estimate of drug-likeness (QED) is 0.466. The number of aromatic nitrogens is 2. The van der Waals surface area contributed by atoms with E-state index >= 15 is 0 Å². The highest BCUT2D eigenvalue weighted by Crippen LogP contribution is 2.35. The van der Waals surface area contributed by atoms with Gasteiger partial charge in [-0.15, -0.1) is 0 Å². The molecule has 2 aliphatic rings. The molecule has 2 fully saturated rings. The van der Waals surface area contributed by atoms with Crippen molar-refractivity contribution >= 4 is 57.7 Å². The number of anilines is 3. The van der Waals surface area contributed by atoms with Crippen LogP contribution in [0.2, 0.25) is 5.02 Å². The normalized spacial score (nSPS) is 19.9. The van der Waals surface area contributed by atoms with Gasteiger partial charge in [-0.25, -0.2) is 9.97 Å². The molecule has 0 atom stereocenters. The van der Waals surface area contributed by atoms with Gasteiger partial charge in [0.25, 0.3) is 5.91 Å². The van der Waals surface area contributed by atoms with E-state index in [1.54, 1.807) is 31.3 Å². The first-order valence-corrected chi connectivity index (χ1v) is 13.3. The predicted molar refractivity (Wildman–Crippen MR) is 145 cm³/mol.